The van der Waals surface area contributed by atoms with E-state index < -0.39 is 5.92 Å². The van der Waals surface area contributed by atoms with Gasteiger partial charge in [0, 0.05) is 14.0 Å². The Hall–Kier alpha value is -1.26. The van der Waals surface area contributed by atoms with E-state index in [1.807, 2.05) is 0 Å². The van der Waals surface area contributed by atoms with Crippen LogP contribution in [-0.4, -0.2) is 17.0 Å². The van der Waals surface area contributed by atoms with Crippen LogP contribution < -0.4 is 5.32 Å². The van der Waals surface area contributed by atoms with Crippen molar-refractivity contribution in [2.24, 2.45) is 0 Å². The SMILES string of the molecule is CNc1cncc(C(C)(F)F)n1. The average molecular weight is 173 g/mol. The minimum atomic E-state index is -2.93. The summed E-state index contributed by atoms with van der Waals surface area (Å²) in [5.41, 5.74) is -0.325. The molecule has 0 fully saturated rings. The lowest BCUT2D eigenvalue weighted by atomic mass is 10.3. The average Bonchev–Trinajstić information content (AvgIpc) is 2.03. The summed E-state index contributed by atoms with van der Waals surface area (Å²) in [6.45, 7) is 0.788. The normalized spacial score (nSPS) is 11.3. The zero-order chi connectivity index (χ0) is 9.19. The van der Waals surface area contributed by atoms with Crippen LogP contribution in [0.4, 0.5) is 14.6 Å². The molecule has 0 aromatic carbocycles. The third-order valence-corrected chi connectivity index (χ3v) is 1.34. The molecule has 0 bridgehead atoms. The second kappa shape index (κ2) is 3.00. The molecule has 0 atom stereocenters. The van der Waals surface area contributed by atoms with Crippen LogP contribution in [0.3, 0.4) is 0 Å². The van der Waals surface area contributed by atoms with Crippen molar-refractivity contribution in [2.75, 3.05) is 12.4 Å². The molecule has 3 nitrogen and oxygen atoms in total. The van der Waals surface area contributed by atoms with Gasteiger partial charge >= 0.3 is 0 Å². The number of aromatic nitrogens is 2. The summed E-state index contributed by atoms with van der Waals surface area (Å²) < 4.78 is 25.3. The summed E-state index contributed by atoms with van der Waals surface area (Å²) in [5, 5.41) is 2.63. The standard InChI is InChI=1S/C7H9F2N3/c1-7(8,9)5-3-11-4-6(10-2)12-5/h3-4H,1-2H3,(H,10,12). The van der Waals surface area contributed by atoms with E-state index in [0.29, 0.717) is 5.82 Å². The number of hydrogen-bond donors (Lipinski definition) is 1. The molecule has 0 amide bonds. The van der Waals surface area contributed by atoms with E-state index in [1.54, 1.807) is 7.05 Å². The third-order valence-electron chi connectivity index (χ3n) is 1.34. The van der Waals surface area contributed by atoms with Gasteiger partial charge in [-0.25, -0.2) is 4.98 Å². The summed E-state index contributed by atoms with van der Waals surface area (Å²) in [6, 6.07) is 0. The summed E-state index contributed by atoms with van der Waals surface area (Å²) in [6.07, 6.45) is 2.44. The van der Waals surface area contributed by atoms with Gasteiger partial charge < -0.3 is 5.32 Å². The Morgan fingerprint density at radius 1 is 1.42 bits per heavy atom. The number of hydrogen-bond acceptors (Lipinski definition) is 3. The van der Waals surface area contributed by atoms with Crippen molar-refractivity contribution in [3.63, 3.8) is 0 Å². The molecule has 5 heteroatoms. The summed E-state index contributed by atoms with van der Waals surface area (Å²) >= 11 is 0. The lowest BCUT2D eigenvalue weighted by Crippen LogP contribution is -2.11. The van der Waals surface area contributed by atoms with Gasteiger partial charge in [0.05, 0.1) is 12.4 Å². The first-order valence-electron chi connectivity index (χ1n) is 3.42. The Morgan fingerprint density at radius 2 is 2.08 bits per heavy atom. The van der Waals surface area contributed by atoms with Crippen LogP contribution >= 0.6 is 0 Å². The van der Waals surface area contributed by atoms with Crippen LogP contribution in [0.25, 0.3) is 0 Å². The fourth-order valence-corrected chi connectivity index (χ4v) is 0.698. The van der Waals surface area contributed by atoms with E-state index in [2.05, 4.69) is 15.3 Å². The lowest BCUT2D eigenvalue weighted by molar-refractivity contribution is 0.0125. The van der Waals surface area contributed by atoms with E-state index in [-0.39, 0.29) is 5.69 Å². The quantitative estimate of drug-likeness (QED) is 0.738. The summed E-state index contributed by atoms with van der Waals surface area (Å²) in [5.74, 6) is -2.59. The van der Waals surface area contributed by atoms with Crippen molar-refractivity contribution in [3.8, 4) is 0 Å². The number of anilines is 1. The van der Waals surface area contributed by atoms with Gasteiger partial charge in [-0.2, -0.15) is 8.78 Å². The number of nitrogens with one attached hydrogen (secondary N) is 1. The Bertz CT molecular complexity index is 270. The lowest BCUT2D eigenvalue weighted by Gasteiger charge is -2.09. The van der Waals surface area contributed by atoms with Gasteiger partial charge in [0.15, 0.2) is 0 Å². The molecule has 0 aliphatic heterocycles. The largest absolute Gasteiger partial charge is 0.372 e. The monoisotopic (exact) mass is 173 g/mol. The van der Waals surface area contributed by atoms with Crippen LogP contribution in [0.15, 0.2) is 12.4 Å². The fraction of sp³-hybridized carbons (Fsp3) is 0.429. The molecule has 1 aromatic rings. The zero-order valence-corrected chi connectivity index (χ0v) is 6.81. The molecule has 12 heavy (non-hydrogen) atoms. The zero-order valence-electron chi connectivity index (χ0n) is 6.81. The third kappa shape index (κ3) is 1.87. The predicted molar refractivity (Wildman–Crippen MR) is 41.1 cm³/mol. The second-order valence-electron chi connectivity index (χ2n) is 2.43. The Labute approximate surface area is 68.8 Å². The number of rotatable bonds is 2. The van der Waals surface area contributed by atoms with Crippen molar-refractivity contribution in [2.45, 2.75) is 12.8 Å². The Kier molecular flexibility index (Phi) is 2.21. The van der Waals surface area contributed by atoms with Gasteiger partial charge in [-0.15, -0.1) is 0 Å². The van der Waals surface area contributed by atoms with Crippen molar-refractivity contribution >= 4 is 5.82 Å². The van der Waals surface area contributed by atoms with E-state index in [4.69, 9.17) is 0 Å². The highest BCUT2D eigenvalue weighted by molar-refractivity contribution is 5.31. The summed E-state index contributed by atoms with van der Waals surface area (Å²) in [7, 11) is 1.60. The van der Waals surface area contributed by atoms with Crippen LogP contribution in [0.5, 0.6) is 0 Å². The molecule has 0 aliphatic rings. The first kappa shape index (κ1) is 8.83. The van der Waals surface area contributed by atoms with E-state index in [0.717, 1.165) is 13.1 Å². The molecule has 0 saturated heterocycles. The highest BCUT2D eigenvalue weighted by atomic mass is 19.3. The molecule has 0 spiro atoms. The number of nitrogens with zero attached hydrogens (tertiary/aromatic N) is 2. The Balaban J connectivity index is 3.02. The van der Waals surface area contributed by atoms with Crippen molar-refractivity contribution in [1.29, 1.82) is 0 Å². The molecule has 0 saturated carbocycles. The van der Waals surface area contributed by atoms with E-state index >= 15 is 0 Å². The van der Waals surface area contributed by atoms with Gasteiger partial charge in [-0.3, -0.25) is 4.98 Å². The minimum absolute atomic E-state index is 0.325. The first-order valence-corrected chi connectivity index (χ1v) is 3.42. The molecule has 66 valence electrons. The van der Waals surface area contributed by atoms with Gasteiger partial charge in [0.25, 0.3) is 5.92 Å². The van der Waals surface area contributed by atoms with E-state index in [9.17, 15) is 8.78 Å². The summed E-state index contributed by atoms with van der Waals surface area (Å²) in [4.78, 5) is 7.26. The molecular weight excluding hydrogens is 164 g/mol. The molecule has 1 rings (SSSR count). The molecular formula is C7H9F2N3. The highest BCUT2D eigenvalue weighted by Gasteiger charge is 2.26. The first-order chi connectivity index (χ1) is 5.54. The van der Waals surface area contributed by atoms with Gasteiger partial charge in [0.2, 0.25) is 0 Å². The molecule has 0 radical (unpaired) electrons. The molecule has 1 aromatic heterocycles. The highest BCUT2D eigenvalue weighted by Crippen LogP contribution is 2.24. The smallest absolute Gasteiger partial charge is 0.288 e. The van der Waals surface area contributed by atoms with Crippen LogP contribution in [-0.2, 0) is 5.92 Å². The predicted octanol–water partition coefficient (Wildman–Crippen LogP) is 1.63. The topological polar surface area (TPSA) is 37.8 Å². The van der Waals surface area contributed by atoms with Gasteiger partial charge in [-0.05, 0) is 0 Å². The maximum Gasteiger partial charge on any atom is 0.288 e. The number of alkyl halides is 2. The minimum Gasteiger partial charge on any atom is -0.372 e. The molecule has 1 heterocycles. The maximum atomic E-state index is 12.6. The molecule has 1 N–H and O–H groups in total. The molecule has 0 aliphatic carbocycles. The fourth-order valence-electron chi connectivity index (χ4n) is 0.698. The van der Waals surface area contributed by atoms with Crippen molar-refractivity contribution in [3.05, 3.63) is 18.1 Å². The van der Waals surface area contributed by atoms with Crippen LogP contribution in [0.2, 0.25) is 0 Å². The Morgan fingerprint density at radius 3 is 2.58 bits per heavy atom. The molecule has 0 unspecified atom stereocenters. The number of halogens is 2. The van der Waals surface area contributed by atoms with Gasteiger partial charge in [0.1, 0.15) is 11.5 Å². The second-order valence-corrected chi connectivity index (χ2v) is 2.43. The maximum absolute atomic E-state index is 12.6. The van der Waals surface area contributed by atoms with Crippen LogP contribution in [0, 0.1) is 0 Å². The van der Waals surface area contributed by atoms with E-state index in [1.165, 1.54) is 6.20 Å². The van der Waals surface area contributed by atoms with Gasteiger partial charge in [-0.1, -0.05) is 0 Å². The van der Waals surface area contributed by atoms with Crippen LogP contribution in [0.1, 0.15) is 12.6 Å². The van der Waals surface area contributed by atoms with Crippen molar-refractivity contribution in [1.82, 2.24) is 9.97 Å². The van der Waals surface area contributed by atoms with Crippen molar-refractivity contribution < 1.29 is 8.78 Å².